The fraction of sp³-hybridized carbons (Fsp3) is 0.250. The maximum absolute atomic E-state index is 10.6. The van der Waals surface area contributed by atoms with E-state index in [0.717, 1.165) is 10.8 Å². The summed E-state index contributed by atoms with van der Waals surface area (Å²) in [5.74, 6) is 0. The number of aromatic amines is 1. The normalized spacial score (nSPS) is 9.64. The molecule has 1 N–H and O–H groups in total. The second kappa shape index (κ2) is 2.70. The van der Waals surface area contributed by atoms with Gasteiger partial charge in [0.2, 0.25) is 0 Å². The van der Waals surface area contributed by atoms with Crippen LogP contribution in [0.5, 0.6) is 0 Å². The molecule has 0 aliphatic heterocycles. The molecule has 0 amide bonds. The SMILES string of the molecule is C=c1[nH]c(=O)ncc1=C(C)C. The van der Waals surface area contributed by atoms with Crippen LogP contribution < -0.4 is 16.3 Å². The van der Waals surface area contributed by atoms with Gasteiger partial charge >= 0.3 is 5.69 Å². The molecule has 0 unspecified atom stereocenters. The first-order valence-electron chi connectivity index (χ1n) is 3.33. The Balaban J connectivity index is 3.71. The van der Waals surface area contributed by atoms with Gasteiger partial charge in [0.1, 0.15) is 0 Å². The Hall–Kier alpha value is -1.38. The lowest BCUT2D eigenvalue weighted by atomic mass is 10.2. The third-order valence-electron chi connectivity index (χ3n) is 1.43. The summed E-state index contributed by atoms with van der Waals surface area (Å²) in [5.41, 5.74) is 0.749. The van der Waals surface area contributed by atoms with Crippen LogP contribution in [-0.4, -0.2) is 9.97 Å². The molecule has 0 saturated carbocycles. The van der Waals surface area contributed by atoms with Crippen LogP contribution in [0, 0.1) is 0 Å². The van der Waals surface area contributed by atoms with E-state index in [-0.39, 0.29) is 5.69 Å². The Morgan fingerprint density at radius 2 is 2.27 bits per heavy atom. The molecule has 0 atom stereocenters. The summed E-state index contributed by atoms with van der Waals surface area (Å²) < 4.78 is 0. The molecule has 1 rings (SSSR count). The average molecular weight is 150 g/mol. The lowest BCUT2D eigenvalue weighted by Crippen LogP contribution is -2.35. The van der Waals surface area contributed by atoms with Crippen molar-refractivity contribution in [3.8, 4) is 0 Å². The van der Waals surface area contributed by atoms with Gasteiger partial charge in [0, 0.05) is 16.8 Å². The summed E-state index contributed by atoms with van der Waals surface area (Å²) in [6.45, 7) is 7.58. The van der Waals surface area contributed by atoms with Crippen LogP contribution >= 0.6 is 0 Å². The van der Waals surface area contributed by atoms with Gasteiger partial charge in [-0.25, -0.2) is 9.78 Å². The Morgan fingerprint density at radius 3 is 2.73 bits per heavy atom. The van der Waals surface area contributed by atoms with Crippen molar-refractivity contribution in [1.82, 2.24) is 9.97 Å². The van der Waals surface area contributed by atoms with Crippen molar-refractivity contribution in [2.24, 2.45) is 0 Å². The van der Waals surface area contributed by atoms with E-state index >= 15 is 0 Å². The van der Waals surface area contributed by atoms with Crippen molar-refractivity contribution in [2.45, 2.75) is 13.8 Å². The van der Waals surface area contributed by atoms with Gasteiger partial charge in [-0.05, 0) is 13.8 Å². The Kier molecular flexibility index (Phi) is 1.89. The maximum Gasteiger partial charge on any atom is 0.345 e. The van der Waals surface area contributed by atoms with E-state index in [1.165, 1.54) is 6.20 Å². The standard InChI is InChI=1S/C8H10N2O/c1-5(2)7-4-9-8(11)10-6(7)3/h4H,3H2,1-2H3,(H,10,11). The molecule has 58 valence electrons. The molecule has 0 aromatic carbocycles. The summed E-state index contributed by atoms with van der Waals surface area (Å²) in [7, 11) is 0. The summed E-state index contributed by atoms with van der Waals surface area (Å²) in [6.07, 6.45) is 1.54. The van der Waals surface area contributed by atoms with Crippen LogP contribution in [0.2, 0.25) is 0 Å². The zero-order valence-corrected chi connectivity index (χ0v) is 6.64. The molecule has 1 aromatic rings. The van der Waals surface area contributed by atoms with Crippen molar-refractivity contribution in [3.63, 3.8) is 0 Å². The highest BCUT2D eigenvalue weighted by atomic mass is 16.1. The van der Waals surface area contributed by atoms with Crippen LogP contribution in [0.3, 0.4) is 0 Å². The molecular weight excluding hydrogens is 140 g/mol. The van der Waals surface area contributed by atoms with Gasteiger partial charge in [0.05, 0.1) is 0 Å². The van der Waals surface area contributed by atoms with Gasteiger partial charge < -0.3 is 4.98 Å². The Bertz CT molecular complexity index is 412. The molecule has 0 spiro atoms. The molecule has 3 heteroatoms. The number of hydrogen-bond donors (Lipinski definition) is 1. The Labute approximate surface area is 64.1 Å². The highest BCUT2D eigenvalue weighted by Gasteiger charge is 1.86. The molecule has 0 radical (unpaired) electrons. The third-order valence-corrected chi connectivity index (χ3v) is 1.43. The zero-order chi connectivity index (χ0) is 8.43. The maximum atomic E-state index is 10.6. The summed E-state index contributed by atoms with van der Waals surface area (Å²) in [4.78, 5) is 16.8. The zero-order valence-electron chi connectivity index (χ0n) is 6.64. The van der Waals surface area contributed by atoms with E-state index in [2.05, 4.69) is 16.5 Å². The fourth-order valence-electron chi connectivity index (χ4n) is 0.861. The van der Waals surface area contributed by atoms with Crippen LogP contribution in [0.1, 0.15) is 13.8 Å². The number of nitrogens with zero attached hydrogens (tertiary/aromatic N) is 1. The van der Waals surface area contributed by atoms with Crippen LogP contribution in [0.15, 0.2) is 11.0 Å². The van der Waals surface area contributed by atoms with Crippen molar-refractivity contribution < 1.29 is 0 Å². The highest BCUT2D eigenvalue weighted by molar-refractivity contribution is 5.37. The third kappa shape index (κ3) is 1.55. The molecule has 11 heavy (non-hydrogen) atoms. The van der Waals surface area contributed by atoms with E-state index in [9.17, 15) is 4.79 Å². The second-order valence-corrected chi connectivity index (χ2v) is 2.58. The molecule has 0 aliphatic rings. The van der Waals surface area contributed by atoms with Crippen molar-refractivity contribution in [1.29, 1.82) is 0 Å². The first kappa shape index (κ1) is 7.72. The summed E-state index contributed by atoms with van der Waals surface area (Å²) >= 11 is 0. The molecule has 0 saturated heterocycles. The highest BCUT2D eigenvalue weighted by Crippen LogP contribution is 1.79. The number of aromatic nitrogens is 2. The second-order valence-electron chi connectivity index (χ2n) is 2.58. The molecule has 3 nitrogen and oxygen atoms in total. The molecule has 0 fully saturated rings. The quantitative estimate of drug-likeness (QED) is 0.535. The van der Waals surface area contributed by atoms with E-state index in [1.807, 2.05) is 13.8 Å². The van der Waals surface area contributed by atoms with Gasteiger partial charge in [-0.15, -0.1) is 0 Å². The minimum Gasteiger partial charge on any atom is -0.306 e. The van der Waals surface area contributed by atoms with Gasteiger partial charge in [-0.3, -0.25) is 0 Å². The molecule has 1 heterocycles. The lowest BCUT2D eigenvalue weighted by Gasteiger charge is -1.89. The topological polar surface area (TPSA) is 45.8 Å². The fourth-order valence-corrected chi connectivity index (χ4v) is 0.861. The summed E-state index contributed by atoms with van der Waals surface area (Å²) in [6, 6.07) is 0. The van der Waals surface area contributed by atoms with Crippen molar-refractivity contribution in [3.05, 3.63) is 27.2 Å². The Morgan fingerprint density at radius 1 is 1.64 bits per heavy atom. The molecule has 0 aliphatic carbocycles. The first-order valence-corrected chi connectivity index (χ1v) is 3.33. The number of H-pyrrole nitrogens is 1. The van der Waals surface area contributed by atoms with Gasteiger partial charge in [0.25, 0.3) is 0 Å². The van der Waals surface area contributed by atoms with Crippen molar-refractivity contribution >= 4 is 12.2 Å². The predicted molar refractivity (Wildman–Crippen MR) is 44.4 cm³/mol. The molecule has 1 aromatic heterocycles. The van der Waals surface area contributed by atoms with E-state index in [4.69, 9.17) is 0 Å². The van der Waals surface area contributed by atoms with Crippen LogP contribution in [0.25, 0.3) is 12.2 Å². The van der Waals surface area contributed by atoms with E-state index in [0.29, 0.717) is 5.35 Å². The first-order chi connectivity index (χ1) is 5.11. The number of rotatable bonds is 0. The van der Waals surface area contributed by atoms with Crippen LogP contribution in [-0.2, 0) is 0 Å². The van der Waals surface area contributed by atoms with Gasteiger partial charge in [0.15, 0.2) is 0 Å². The van der Waals surface area contributed by atoms with Gasteiger partial charge in [-0.1, -0.05) is 12.2 Å². The average Bonchev–Trinajstić information content (AvgIpc) is 1.85. The van der Waals surface area contributed by atoms with E-state index < -0.39 is 0 Å². The number of nitrogens with one attached hydrogen (secondary N) is 1. The summed E-state index contributed by atoms with van der Waals surface area (Å²) in [5, 5.41) is 1.54. The van der Waals surface area contributed by atoms with Crippen LogP contribution in [0.4, 0.5) is 0 Å². The largest absolute Gasteiger partial charge is 0.345 e. The van der Waals surface area contributed by atoms with E-state index in [1.54, 1.807) is 0 Å². The van der Waals surface area contributed by atoms with Gasteiger partial charge in [-0.2, -0.15) is 0 Å². The smallest absolute Gasteiger partial charge is 0.306 e. The van der Waals surface area contributed by atoms with Crippen molar-refractivity contribution in [2.75, 3.05) is 0 Å². The molecular formula is C8H10N2O. The predicted octanol–water partition coefficient (Wildman–Crippen LogP) is -0.629. The minimum atomic E-state index is -0.347. The number of hydrogen-bond acceptors (Lipinski definition) is 2. The lowest BCUT2D eigenvalue weighted by molar-refractivity contribution is 1.02. The monoisotopic (exact) mass is 150 g/mol. The molecule has 0 bridgehead atoms. The minimum absolute atomic E-state index is 0.347.